The van der Waals surface area contributed by atoms with Crippen LogP contribution in [-0.4, -0.2) is 27.9 Å². The van der Waals surface area contributed by atoms with Crippen LogP contribution in [0.15, 0.2) is 79.0 Å². The molecule has 3 aromatic rings. The number of carbonyl (C=O) groups excluding carboxylic acids is 1. The highest BCUT2D eigenvalue weighted by Gasteiger charge is 2.28. The molecule has 1 amide bonds. The zero-order valence-electron chi connectivity index (χ0n) is 19.1. The number of nitrogens with zero attached hydrogens (tertiary/aromatic N) is 2. The molecule has 1 heterocycles. The van der Waals surface area contributed by atoms with Gasteiger partial charge in [0.25, 0.3) is 5.91 Å². The molecule has 1 aromatic heterocycles. The van der Waals surface area contributed by atoms with Crippen LogP contribution in [0.2, 0.25) is 0 Å². The third-order valence-electron chi connectivity index (χ3n) is 5.66. The van der Waals surface area contributed by atoms with Crippen molar-refractivity contribution in [2.45, 2.75) is 58.7 Å². The van der Waals surface area contributed by atoms with Gasteiger partial charge >= 0.3 is 0 Å². The first-order valence-corrected chi connectivity index (χ1v) is 11.0. The van der Waals surface area contributed by atoms with E-state index in [2.05, 4.69) is 63.1 Å². The fourth-order valence-corrected chi connectivity index (χ4v) is 4.24. The lowest BCUT2D eigenvalue weighted by Crippen LogP contribution is -2.42. The van der Waals surface area contributed by atoms with Crippen LogP contribution in [0.25, 0.3) is 0 Å². The number of hydrogen-bond acceptors (Lipinski definition) is 3. The highest BCUT2D eigenvalue weighted by atomic mass is 16.2. The predicted molar refractivity (Wildman–Crippen MR) is 128 cm³/mol. The SMILES string of the molecule is CC(C)N(C(=O)c1ccccc1[C@@H](C)[C@H](Nc1ccccn1)c1ccccc1)C(C)C. The van der Waals surface area contributed by atoms with Crippen molar-refractivity contribution < 1.29 is 4.79 Å². The summed E-state index contributed by atoms with van der Waals surface area (Å²) in [6, 6.07) is 24.4. The predicted octanol–water partition coefficient (Wildman–Crippen LogP) is 6.30. The van der Waals surface area contributed by atoms with Gasteiger partial charge in [-0.05, 0) is 57.0 Å². The Hall–Kier alpha value is -3.14. The van der Waals surface area contributed by atoms with Crippen molar-refractivity contribution >= 4 is 11.7 Å². The van der Waals surface area contributed by atoms with Gasteiger partial charge < -0.3 is 10.2 Å². The van der Waals surface area contributed by atoms with Crippen LogP contribution < -0.4 is 5.32 Å². The average Bonchev–Trinajstić information content (AvgIpc) is 2.78. The van der Waals surface area contributed by atoms with E-state index in [1.54, 1.807) is 6.20 Å². The molecule has 1 N–H and O–H groups in total. The fourth-order valence-electron chi connectivity index (χ4n) is 4.24. The Balaban J connectivity index is 2.02. The normalized spacial score (nSPS) is 13.1. The van der Waals surface area contributed by atoms with Crippen molar-refractivity contribution in [3.63, 3.8) is 0 Å². The third-order valence-corrected chi connectivity index (χ3v) is 5.66. The molecule has 162 valence electrons. The number of carbonyl (C=O) groups is 1. The maximum absolute atomic E-state index is 13.6. The van der Waals surface area contributed by atoms with Gasteiger partial charge in [0.2, 0.25) is 0 Å². The summed E-state index contributed by atoms with van der Waals surface area (Å²) in [4.78, 5) is 20.0. The summed E-state index contributed by atoms with van der Waals surface area (Å²) in [5.41, 5.74) is 2.96. The summed E-state index contributed by atoms with van der Waals surface area (Å²) < 4.78 is 0. The maximum Gasteiger partial charge on any atom is 0.254 e. The van der Waals surface area contributed by atoms with E-state index in [4.69, 9.17) is 0 Å². The van der Waals surface area contributed by atoms with E-state index in [0.29, 0.717) is 0 Å². The smallest absolute Gasteiger partial charge is 0.254 e. The Kier molecular flexibility index (Phi) is 7.45. The first kappa shape index (κ1) is 22.5. The number of benzene rings is 2. The lowest BCUT2D eigenvalue weighted by molar-refractivity contribution is 0.0642. The number of nitrogens with one attached hydrogen (secondary N) is 1. The van der Waals surface area contributed by atoms with Gasteiger partial charge in [-0.25, -0.2) is 4.98 Å². The van der Waals surface area contributed by atoms with Crippen LogP contribution in [0, 0.1) is 0 Å². The molecule has 2 atom stereocenters. The van der Waals surface area contributed by atoms with Crippen molar-refractivity contribution in [3.05, 3.63) is 95.7 Å². The van der Waals surface area contributed by atoms with Gasteiger partial charge in [-0.2, -0.15) is 0 Å². The second-order valence-corrected chi connectivity index (χ2v) is 8.52. The van der Waals surface area contributed by atoms with Crippen molar-refractivity contribution in [3.8, 4) is 0 Å². The molecular formula is C27H33N3O. The lowest BCUT2D eigenvalue weighted by Gasteiger charge is -2.33. The van der Waals surface area contributed by atoms with E-state index in [-0.39, 0.29) is 30.0 Å². The van der Waals surface area contributed by atoms with Crippen LogP contribution >= 0.6 is 0 Å². The molecule has 0 aliphatic heterocycles. The molecular weight excluding hydrogens is 382 g/mol. The number of rotatable bonds is 8. The quantitative estimate of drug-likeness (QED) is 0.470. The van der Waals surface area contributed by atoms with Gasteiger partial charge in [0.1, 0.15) is 5.82 Å². The van der Waals surface area contributed by atoms with Gasteiger partial charge in [-0.15, -0.1) is 0 Å². The molecule has 0 bridgehead atoms. The number of anilines is 1. The molecule has 31 heavy (non-hydrogen) atoms. The monoisotopic (exact) mass is 415 g/mol. The lowest BCUT2D eigenvalue weighted by atomic mass is 9.85. The summed E-state index contributed by atoms with van der Waals surface area (Å²) in [5, 5.41) is 3.60. The zero-order valence-corrected chi connectivity index (χ0v) is 19.1. The van der Waals surface area contributed by atoms with E-state index in [9.17, 15) is 4.79 Å². The van der Waals surface area contributed by atoms with E-state index < -0.39 is 0 Å². The minimum absolute atomic E-state index is 0.0309. The molecule has 0 saturated heterocycles. The highest BCUT2D eigenvalue weighted by molar-refractivity contribution is 5.96. The molecule has 0 aliphatic carbocycles. The second-order valence-electron chi connectivity index (χ2n) is 8.52. The van der Waals surface area contributed by atoms with Gasteiger partial charge in [0.15, 0.2) is 0 Å². The van der Waals surface area contributed by atoms with Crippen LogP contribution in [0.1, 0.15) is 68.1 Å². The topological polar surface area (TPSA) is 45.2 Å². The van der Waals surface area contributed by atoms with E-state index >= 15 is 0 Å². The van der Waals surface area contributed by atoms with Gasteiger partial charge in [-0.1, -0.05) is 61.5 Å². The number of pyridine rings is 1. The molecule has 0 saturated carbocycles. The van der Waals surface area contributed by atoms with Gasteiger partial charge in [-0.3, -0.25) is 4.79 Å². The molecule has 0 unspecified atom stereocenters. The molecule has 0 radical (unpaired) electrons. The van der Waals surface area contributed by atoms with Crippen LogP contribution in [0.5, 0.6) is 0 Å². The summed E-state index contributed by atoms with van der Waals surface area (Å²) in [5.74, 6) is 0.945. The molecule has 4 nitrogen and oxygen atoms in total. The fraction of sp³-hybridized carbons (Fsp3) is 0.333. The Morgan fingerprint density at radius 3 is 2.03 bits per heavy atom. The minimum atomic E-state index is -0.0309. The number of hydrogen-bond donors (Lipinski definition) is 1. The summed E-state index contributed by atoms with van der Waals surface area (Å²) in [6.45, 7) is 10.5. The minimum Gasteiger partial charge on any atom is -0.363 e. The summed E-state index contributed by atoms with van der Waals surface area (Å²) >= 11 is 0. The Morgan fingerprint density at radius 2 is 1.42 bits per heavy atom. The zero-order chi connectivity index (χ0) is 22.4. The molecule has 0 aliphatic rings. The standard InChI is InChI=1S/C27H33N3O/c1-19(2)30(20(3)4)27(31)24-16-10-9-15-23(24)21(5)26(22-13-7-6-8-14-22)29-25-17-11-12-18-28-25/h6-21,26H,1-5H3,(H,28,29)/t21-,26+/m1/s1. The van der Waals surface area contributed by atoms with Gasteiger partial charge in [0.05, 0.1) is 6.04 Å². The van der Waals surface area contributed by atoms with Crippen LogP contribution in [0.4, 0.5) is 5.82 Å². The van der Waals surface area contributed by atoms with Crippen molar-refractivity contribution in [1.29, 1.82) is 0 Å². The summed E-state index contributed by atoms with van der Waals surface area (Å²) in [7, 11) is 0. The van der Waals surface area contributed by atoms with Crippen LogP contribution in [0.3, 0.4) is 0 Å². The van der Waals surface area contributed by atoms with Crippen molar-refractivity contribution in [2.24, 2.45) is 0 Å². The van der Waals surface area contributed by atoms with Gasteiger partial charge in [0, 0.05) is 29.8 Å². The first-order chi connectivity index (χ1) is 14.9. The average molecular weight is 416 g/mol. The van der Waals surface area contributed by atoms with Crippen LogP contribution in [-0.2, 0) is 0 Å². The van der Waals surface area contributed by atoms with Crippen molar-refractivity contribution in [2.75, 3.05) is 5.32 Å². The maximum atomic E-state index is 13.6. The molecule has 0 spiro atoms. The summed E-state index contributed by atoms with van der Waals surface area (Å²) in [6.07, 6.45) is 1.79. The Morgan fingerprint density at radius 1 is 0.806 bits per heavy atom. The highest BCUT2D eigenvalue weighted by Crippen LogP contribution is 2.35. The second kappa shape index (κ2) is 10.3. The Labute approximate surface area is 186 Å². The molecule has 2 aromatic carbocycles. The molecule has 4 heteroatoms. The third kappa shape index (κ3) is 5.32. The largest absolute Gasteiger partial charge is 0.363 e. The molecule has 0 fully saturated rings. The molecule has 3 rings (SSSR count). The first-order valence-electron chi connectivity index (χ1n) is 11.0. The number of aromatic nitrogens is 1. The van der Waals surface area contributed by atoms with Crippen molar-refractivity contribution in [1.82, 2.24) is 9.88 Å². The van der Waals surface area contributed by atoms with E-state index in [1.807, 2.05) is 59.5 Å². The van der Waals surface area contributed by atoms with E-state index in [0.717, 1.165) is 22.5 Å². The van der Waals surface area contributed by atoms with E-state index in [1.165, 1.54) is 0 Å². The number of amides is 1. The Bertz CT molecular complexity index is 962.